The van der Waals surface area contributed by atoms with Gasteiger partial charge in [-0.15, -0.1) is 0 Å². The first-order valence-electron chi connectivity index (χ1n) is 5.32. The summed E-state index contributed by atoms with van der Waals surface area (Å²) in [4.78, 5) is 0. The zero-order chi connectivity index (χ0) is 12.3. The standard InChI is InChI=1S/C5H10P.2C5H5.Fe/c1-5(2,3)6-4;2*1-2-4-5-3-1;/h4H,1-3H3;2*1-5H;/q-1;;;. The van der Waals surface area contributed by atoms with E-state index in [0.717, 1.165) is 8.20 Å². The van der Waals surface area contributed by atoms with Gasteiger partial charge in [0.15, 0.2) is 0 Å². The van der Waals surface area contributed by atoms with Gasteiger partial charge in [-0.05, 0) is 69.4 Å². The maximum atomic E-state index is 5.28. The fourth-order valence-electron chi connectivity index (χ4n) is 0.642. The summed E-state index contributed by atoms with van der Waals surface area (Å²) >= 11 is 0. The minimum absolute atomic E-state index is 0. The van der Waals surface area contributed by atoms with Crippen molar-refractivity contribution in [3.8, 4) is 0 Å². The largest absolute Gasteiger partial charge is 0.484 e. The van der Waals surface area contributed by atoms with E-state index >= 15 is 0 Å². The molecule has 0 N–H and O–H groups in total. The molecule has 0 unspecified atom stereocenters. The second kappa shape index (κ2) is 13.1. The summed E-state index contributed by atoms with van der Waals surface area (Å²) in [6.07, 6.45) is 25.3. The van der Waals surface area contributed by atoms with Crippen molar-refractivity contribution in [3.63, 3.8) is 0 Å². The van der Waals surface area contributed by atoms with Crippen molar-refractivity contribution in [1.82, 2.24) is 0 Å². The monoisotopic (exact) mass is 287 g/mol. The van der Waals surface area contributed by atoms with E-state index < -0.39 is 0 Å². The first-order valence-corrected chi connectivity index (χ1v) is 6.28. The van der Waals surface area contributed by atoms with Crippen molar-refractivity contribution in [3.05, 3.63) is 64.2 Å². The molecular formula is C15H20FeP-. The zero-order valence-corrected chi connectivity index (χ0v) is 12.7. The molecule has 2 heteroatoms. The van der Waals surface area contributed by atoms with Gasteiger partial charge in [0.25, 0.3) is 0 Å². The van der Waals surface area contributed by atoms with E-state index in [1.165, 1.54) is 0 Å². The van der Waals surface area contributed by atoms with Crippen LogP contribution in [-0.2, 0) is 17.1 Å². The van der Waals surface area contributed by atoms with E-state index in [9.17, 15) is 0 Å². The summed E-state index contributed by atoms with van der Waals surface area (Å²) < 4.78 is 0. The fourth-order valence-corrected chi connectivity index (χ4v) is 0.642. The second-order valence-corrected chi connectivity index (χ2v) is 5.82. The van der Waals surface area contributed by atoms with Gasteiger partial charge in [-0.3, -0.25) is 0 Å². The van der Waals surface area contributed by atoms with Crippen LogP contribution in [0.2, 0.25) is 0 Å². The van der Waals surface area contributed by atoms with Crippen LogP contribution in [0.3, 0.4) is 0 Å². The van der Waals surface area contributed by atoms with E-state index in [0.29, 0.717) is 5.16 Å². The minimum atomic E-state index is 0. The Morgan fingerprint density at radius 1 is 0.647 bits per heavy atom. The fraction of sp³-hybridized carbons (Fsp3) is 0.267. The third kappa shape index (κ3) is 19.2. The van der Waals surface area contributed by atoms with Crippen molar-refractivity contribution in [2.45, 2.75) is 25.9 Å². The van der Waals surface area contributed by atoms with Gasteiger partial charge in [-0.2, -0.15) is 0 Å². The molecule has 2 aliphatic rings. The molecule has 2 aliphatic carbocycles. The minimum Gasteiger partial charge on any atom is -0.484 e. The molecule has 0 saturated heterocycles. The Morgan fingerprint density at radius 2 is 0.765 bits per heavy atom. The van der Waals surface area contributed by atoms with E-state index in [-0.39, 0.29) is 17.1 Å². The van der Waals surface area contributed by atoms with E-state index in [2.05, 4.69) is 20.8 Å². The van der Waals surface area contributed by atoms with Crippen LogP contribution >= 0.6 is 8.20 Å². The van der Waals surface area contributed by atoms with Gasteiger partial charge < -0.3 is 14.5 Å². The molecule has 2 saturated carbocycles. The maximum absolute atomic E-state index is 5.28. The topological polar surface area (TPSA) is 0 Å². The summed E-state index contributed by atoms with van der Waals surface area (Å²) in [6, 6.07) is 0. The van der Waals surface area contributed by atoms with Crippen LogP contribution in [0.25, 0.3) is 0 Å². The van der Waals surface area contributed by atoms with Gasteiger partial charge in [0.2, 0.25) is 0 Å². The zero-order valence-electron chi connectivity index (χ0n) is 10.7. The molecule has 10 radical (unpaired) electrons. The molecule has 2 rings (SSSR count). The van der Waals surface area contributed by atoms with Crippen LogP contribution in [0.1, 0.15) is 20.8 Å². The molecule has 0 atom stereocenters. The third-order valence-electron chi connectivity index (χ3n) is 1.50. The summed E-state index contributed by atoms with van der Waals surface area (Å²) in [5.41, 5.74) is 0. The molecule has 0 heterocycles. The van der Waals surface area contributed by atoms with Gasteiger partial charge in [-0.1, -0.05) is 20.8 Å². The molecule has 0 spiro atoms. The molecule has 0 aromatic carbocycles. The van der Waals surface area contributed by atoms with Crippen molar-refractivity contribution in [2.24, 2.45) is 0 Å². The molecule has 0 aromatic rings. The van der Waals surface area contributed by atoms with Crippen LogP contribution < -0.4 is 0 Å². The Kier molecular flexibility index (Phi) is 15.5. The van der Waals surface area contributed by atoms with Gasteiger partial charge in [-0.25, -0.2) is 0 Å². The molecule has 0 nitrogen and oxygen atoms in total. The van der Waals surface area contributed by atoms with E-state index in [1.54, 1.807) is 0 Å². The predicted molar refractivity (Wildman–Crippen MR) is 75.7 cm³/mol. The number of hydrogen-bond acceptors (Lipinski definition) is 0. The Bertz CT molecular complexity index is 128. The average Bonchev–Trinajstić information content (AvgIpc) is 2.95. The summed E-state index contributed by atoms with van der Waals surface area (Å²) in [7, 11) is 0.975. The molecule has 0 bridgehead atoms. The van der Waals surface area contributed by atoms with Gasteiger partial charge in [0.05, 0.1) is 0 Å². The van der Waals surface area contributed by atoms with Gasteiger partial charge >= 0.3 is 0 Å². The van der Waals surface area contributed by atoms with E-state index in [1.807, 2.05) is 64.2 Å². The Labute approximate surface area is 122 Å². The van der Waals surface area contributed by atoms with Gasteiger partial charge in [0.1, 0.15) is 0 Å². The molecule has 0 aliphatic heterocycles. The third-order valence-corrected chi connectivity index (χ3v) is 2.27. The number of rotatable bonds is 0. The molecule has 94 valence electrons. The Morgan fingerprint density at radius 3 is 0.824 bits per heavy atom. The van der Waals surface area contributed by atoms with Crippen molar-refractivity contribution >= 4 is 14.5 Å². The van der Waals surface area contributed by atoms with Crippen molar-refractivity contribution in [2.75, 3.05) is 0 Å². The van der Waals surface area contributed by atoms with E-state index in [4.69, 9.17) is 6.30 Å². The molecule has 2 fully saturated rings. The Hall–Kier alpha value is 0.689. The SMILES string of the molecule is [CH-]=PC(C)(C)C.[CH]1[CH][CH][CH][CH]1.[CH]1[CH][CH][CH][CH]1.[Fe]. The van der Waals surface area contributed by atoms with Crippen molar-refractivity contribution < 1.29 is 17.1 Å². The number of hydrogen-bond donors (Lipinski definition) is 0. The van der Waals surface area contributed by atoms with Crippen LogP contribution in [0.4, 0.5) is 0 Å². The molecule has 0 amide bonds. The quantitative estimate of drug-likeness (QED) is 0.358. The maximum Gasteiger partial charge on any atom is 0 e. The first-order chi connectivity index (χ1) is 7.56. The summed E-state index contributed by atoms with van der Waals surface area (Å²) in [6.45, 7) is 6.32. The van der Waals surface area contributed by atoms with Crippen LogP contribution in [0.15, 0.2) is 0 Å². The van der Waals surface area contributed by atoms with Crippen LogP contribution in [-0.4, -0.2) is 11.5 Å². The first kappa shape index (κ1) is 20.0. The second-order valence-electron chi connectivity index (χ2n) is 4.22. The predicted octanol–water partition coefficient (Wildman–Crippen LogP) is 4.08. The normalized spacial score (nSPS) is 18.5. The van der Waals surface area contributed by atoms with Gasteiger partial charge in [0, 0.05) is 17.1 Å². The van der Waals surface area contributed by atoms with Crippen LogP contribution in [0, 0.1) is 64.2 Å². The smallest absolute Gasteiger partial charge is 0 e. The molecule has 17 heavy (non-hydrogen) atoms. The summed E-state index contributed by atoms with van der Waals surface area (Å²) in [5, 5.41) is 0.292. The average molecular weight is 287 g/mol. The summed E-state index contributed by atoms with van der Waals surface area (Å²) in [5.74, 6) is 0. The molecule has 0 aromatic heterocycles. The molecular weight excluding hydrogens is 267 g/mol. The van der Waals surface area contributed by atoms with Crippen molar-refractivity contribution in [1.29, 1.82) is 0 Å². The Balaban J connectivity index is 0. The van der Waals surface area contributed by atoms with Crippen LogP contribution in [0.5, 0.6) is 0 Å².